The number of carbonyl (C=O) groups excluding carboxylic acids is 1. The number of aromatic amines is 1. The summed E-state index contributed by atoms with van der Waals surface area (Å²) in [4.78, 5) is 15.8. The fourth-order valence-electron chi connectivity index (χ4n) is 3.18. The molecule has 30 heavy (non-hydrogen) atoms. The molecule has 0 radical (unpaired) electrons. The van der Waals surface area contributed by atoms with Crippen molar-refractivity contribution in [3.63, 3.8) is 0 Å². The van der Waals surface area contributed by atoms with Crippen molar-refractivity contribution in [2.24, 2.45) is 0 Å². The molecule has 0 aliphatic carbocycles. The lowest BCUT2D eigenvalue weighted by Crippen LogP contribution is -2.25. The Kier molecular flexibility index (Phi) is 6.06. The van der Waals surface area contributed by atoms with Crippen LogP contribution in [0, 0.1) is 4.77 Å². The van der Waals surface area contributed by atoms with Crippen molar-refractivity contribution in [2.75, 3.05) is 0 Å². The van der Waals surface area contributed by atoms with Crippen LogP contribution < -0.4 is 10.1 Å². The van der Waals surface area contributed by atoms with Gasteiger partial charge in [0.05, 0.1) is 0 Å². The topological polar surface area (TPSA) is 59.0 Å². The lowest BCUT2D eigenvalue weighted by atomic mass is 10.1. The van der Waals surface area contributed by atoms with Gasteiger partial charge in [0.25, 0.3) is 5.91 Å². The van der Waals surface area contributed by atoms with E-state index >= 15 is 0 Å². The van der Waals surface area contributed by atoms with Gasteiger partial charge in [-0.1, -0.05) is 60.7 Å². The number of ether oxygens (including phenoxy) is 1. The van der Waals surface area contributed by atoms with Gasteiger partial charge in [-0.15, -0.1) is 0 Å². The summed E-state index contributed by atoms with van der Waals surface area (Å²) in [7, 11) is 0. The van der Waals surface area contributed by atoms with E-state index in [2.05, 4.69) is 10.3 Å². The minimum atomic E-state index is -0.204. The van der Waals surface area contributed by atoms with Crippen LogP contribution in [0.4, 0.5) is 0 Å². The molecule has 1 heterocycles. The van der Waals surface area contributed by atoms with Gasteiger partial charge in [0.2, 0.25) is 0 Å². The van der Waals surface area contributed by atoms with Crippen LogP contribution >= 0.6 is 12.2 Å². The number of carbonyl (C=O) groups is 1. The van der Waals surface area contributed by atoms with Crippen molar-refractivity contribution in [2.45, 2.75) is 13.2 Å². The first-order valence-corrected chi connectivity index (χ1v) is 10.0. The van der Waals surface area contributed by atoms with Gasteiger partial charge in [-0.2, -0.15) is 0 Å². The maximum atomic E-state index is 12.9. The normalized spacial score (nSPS) is 10.5. The lowest BCUT2D eigenvalue weighted by Gasteiger charge is -2.13. The minimum Gasteiger partial charge on any atom is -0.489 e. The van der Waals surface area contributed by atoms with Gasteiger partial charge < -0.3 is 15.0 Å². The van der Waals surface area contributed by atoms with Crippen LogP contribution in [0.25, 0.3) is 5.69 Å². The highest BCUT2D eigenvalue weighted by atomic mass is 32.1. The zero-order chi connectivity index (χ0) is 20.8. The van der Waals surface area contributed by atoms with Crippen molar-refractivity contribution in [1.29, 1.82) is 0 Å². The predicted molar refractivity (Wildman–Crippen MR) is 119 cm³/mol. The molecular weight excluding hydrogens is 394 g/mol. The van der Waals surface area contributed by atoms with Gasteiger partial charge in [0, 0.05) is 18.4 Å². The van der Waals surface area contributed by atoms with Crippen LogP contribution in [-0.4, -0.2) is 15.5 Å². The fraction of sp³-hybridized carbons (Fsp3) is 0.0833. The third-order valence-electron chi connectivity index (χ3n) is 4.72. The summed E-state index contributed by atoms with van der Waals surface area (Å²) >= 11 is 5.36. The summed E-state index contributed by atoms with van der Waals surface area (Å²) in [6.45, 7) is 0.820. The summed E-state index contributed by atoms with van der Waals surface area (Å²) in [5.74, 6) is 0.607. The van der Waals surface area contributed by atoms with E-state index in [-0.39, 0.29) is 5.91 Å². The van der Waals surface area contributed by atoms with E-state index in [4.69, 9.17) is 17.0 Å². The first-order chi connectivity index (χ1) is 14.7. The molecule has 6 heteroatoms. The first-order valence-electron chi connectivity index (χ1n) is 9.61. The Labute approximate surface area is 180 Å². The Morgan fingerprint density at radius 2 is 1.53 bits per heavy atom. The van der Waals surface area contributed by atoms with E-state index in [1.807, 2.05) is 84.9 Å². The van der Waals surface area contributed by atoms with E-state index in [1.165, 1.54) is 0 Å². The highest BCUT2D eigenvalue weighted by molar-refractivity contribution is 7.71. The molecule has 0 bridgehead atoms. The quantitative estimate of drug-likeness (QED) is 0.416. The summed E-state index contributed by atoms with van der Waals surface area (Å²) in [5, 5.41) is 3.00. The van der Waals surface area contributed by atoms with E-state index in [0.717, 1.165) is 22.6 Å². The Morgan fingerprint density at radius 3 is 2.27 bits per heavy atom. The molecule has 0 aliphatic heterocycles. The number of rotatable bonds is 7. The smallest absolute Gasteiger partial charge is 0.270 e. The van der Waals surface area contributed by atoms with Gasteiger partial charge >= 0.3 is 0 Å². The zero-order valence-corrected chi connectivity index (χ0v) is 17.1. The Balaban J connectivity index is 1.47. The highest BCUT2D eigenvalue weighted by Crippen LogP contribution is 2.16. The van der Waals surface area contributed by atoms with Crippen molar-refractivity contribution in [3.05, 3.63) is 113 Å². The van der Waals surface area contributed by atoms with Crippen LogP contribution in [0.15, 0.2) is 91.1 Å². The molecule has 0 atom stereocenters. The first kappa shape index (κ1) is 19.7. The molecule has 5 nitrogen and oxygen atoms in total. The number of amides is 1. The number of nitrogens with one attached hydrogen (secondary N) is 2. The van der Waals surface area contributed by atoms with Gasteiger partial charge in [0.1, 0.15) is 18.1 Å². The lowest BCUT2D eigenvalue weighted by molar-refractivity contribution is 0.0943. The highest BCUT2D eigenvalue weighted by Gasteiger charge is 2.14. The van der Waals surface area contributed by atoms with Crippen LogP contribution in [0.2, 0.25) is 0 Å². The number of aromatic nitrogens is 2. The third-order valence-corrected chi connectivity index (χ3v) is 5.02. The molecule has 1 amide bonds. The fourth-order valence-corrected chi connectivity index (χ4v) is 3.45. The van der Waals surface area contributed by atoms with E-state index in [0.29, 0.717) is 23.6 Å². The monoisotopic (exact) mass is 415 g/mol. The number of hydrogen-bond acceptors (Lipinski definition) is 3. The maximum Gasteiger partial charge on any atom is 0.270 e. The molecule has 150 valence electrons. The third kappa shape index (κ3) is 4.50. The number of nitrogens with zero attached hydrogens (tertiary/aromatic N) is 1. The second kappa shape index (κ2) is 9.24. The van der Waals surface area contributed by atoms with Crippen molar-refractivity contribution in [1.82, 2.24) is 14.9 Å². The summed E-state index contributed by atoms with van der Waals surface area (Å²) in [5.41, 5.74) is 3.33. The SMILES string of the molecule is O=C(NCc1ccccc1COc1ccccc1)c1c[nH]c(=S)n1-c1ccccc1. The van der Waals surface area contributed by atoms with Crippen molar-refractivity contribution in [3.8, 4) is 11.4 Å². The molecule has 3 aromatic carbocycles. The van der Waals surface area contributed by atoms with Crippen LogP contribution in [0.3, 0.4) is 0 Å². The molecular formula is C24H21N3O2S. The van der Waals surface area contributed by atoms with Crippen LogP contribution in [0.5, 0.6) is 5.75 Å². The van der Waals surface area contributed by atoms with E-state index in [1.54, 1.807) is 10.8 Å². The molecule has 0 saturated carbocycles. The van der Waals surface area contributed by atoms with Crippen LogP contribution in [0.1, 0.15) is 21.6 Å². The number of benzene rings is 3. The molecule has 4 aromatic rings. The summed E-state index contributed by atoms with van der Waals surface area (Å²) < 4.78 is 8.08. The Hall–Kier alpha value is -3.64. The molecule has 2 N–H and O–H groups in total. The van der Waals surface area contributed by atoms with Crippen molar-refractivity contribution < 1.29 is 9.53 Å². The number of imidazole rings is 1. The second-order valence-electron chi connectivity index (χ2n) is 6.70. The zero-order valence-electron chi connectivity index (χ0n) is 16.2. The molecule has 1 aromatic heterocycles. The summed E-state index contributed by atoms with van der Waals surface area (Å²) in [6.07, 6.45) is 1.63. The Bertz CT molecular complexity index is 1180. The Morgan fingerprint density at radius 1 is 0.900 bits per heavy atom. The standard InChI is InChI=1S/C24H21N3O2S/c28-23(22-16-26-24(30)27(22)20-11-3-1-4-12-20)25-15-18-9-7-8-10-19(18)17-29-21-13-5-2-6-14-21/h1-14,16H,15,17H2,(H,25,28)(H,26,30). The molecule has 0 saturated heterocycles. The number of H-pyrrole nitrogens is 1. The van der Waals surface area contributed by atoms with Gasteiger partial charge in [-0.25, -0.2) is 0 Å². The molecule has 0 spiro atoms. The largest absolute Gasteiger partial charge is 0.489 e. The average Bonchev–Trinajstić information content (AvgIpc) is 3.19. The van der Waals surface area contributed by atoms with Gasteiger partial charge in [-0.05, 0) is 47.6 Å². The van der Waals surface area contributed by atoms with Crippen LogP contribution in [-0.2, 0) is 13.2 Å². The van der Waals surface area contributed by atoms with Gasteiger partial charge in [-0.3, -0.25) is 9.36 Å². The second-order valence-corrected chi connectivity index (χ2v) is 7.09. The number of hydrogen-bond donors (Lipinski definition) is 2. The molecule has 0 fully saturated rings. The van der Waals surface area contributed by atoms with Crippen molar-refractivity contribution >= 4 is 18.1 Å². The van der Waals surface area contributed by atoms with E-state index < -0.39 is 0 Å². The molecule has 0 aliphatic rings. The maximum absolute atomic E-state index is 12.9. The molecule has 0 unspecified atom stereocenters. The van der Waals surface area contributed by atoms with Gasteiger partial charge in [0.15, 0.2) is 4.77 Å². The van der Waals surface area contributed by atoms with E-state index in [9.17, 15) is 4.79 Å². The number of para-hydroxylation sites is 2. The average molecular weight is 416 g/mol. The predicted octanol–water partition coefficient (Wildman–Crippen LogP) is 5.04. The molecule has 4 rings (SSSR count). The minimum absolute atomic E-state index is 0.204. The summed E-state index contributed by atoms with van der Waals surface area (Å²) in [6, 6.07) is 27.2.